The van der Waals surface area contributed by atoms with E-state index in [1.807, 2.05) is 19.1 Å². The lowest BCUT2D eigenvalue weighted by Gasteiger charge is -2.14. The molecular weight excluding hydrogens is 336 g/mol. The van der Waals surface area contributed by atoms with Gasteiger partial charge in [0.25, 0.3) is 5.91 Å². The summed E-state index contributed by atoms with van der Waals surface area (Å²) in [4.78, 5) is 24.7. The first kappa shape index (κ1) is 17.5. The maximum atomic E-state index is 12.5. The molecule has 0 aromatic heterocycles. The molecule has 2 aromatic rings. The van der Waals surface area contributed by atoms with Crippen molar-refractivity contribution in [3.8, 4) is 0 Å². The Kier molecular flexibility index (Phi) is 5.39. The fourth-order valence-electron chi connectivity index (χ4n) is 3.35. The topological polar surface area (TPSA) is 58.2 Å². The standard InChI is InChI=1S/C20H21ClN2O2/c1-2-22-20(25)17-12-15(21)9-10-18(17)23-19(24)11-14-8-7-13-5-3-4-6-16(13)14/h3-6,9-10,12,14H,2,7-8,11H2,1H3,(H,22,25)(H,23,24). The highest BCUT2D eigenvalue weighted by atomic mass is 35.5. The molecule has 130 valence electrons. The van der Waals surface area contributed by atoms with Gasteiger partial charge in [-0.1, -0.05) is 35.9 Å². The van der Waals surface area contributed by atoms with E-state index in [2.05, 4.69) is 22.8 Å². The Hall–Kier alpha value is -2.33. The number of benzene rings is 2. The summed E-state index contributed by atoms with van der Waals surface area (Å²) >= 11 is 6.00. The number of hydrogen-bond donors (Lipinski definition) is 2. The Bertz CT molecular complexity index is 804. The van der Waals surface area contributed by atoms with Crippen LogP contribution < -0.4 is 10.6 Å². The quantitative estimate of drug-likeness (QED) is 0.845. The van der Waals surface area contributed by atoms with Crippen LogP contribution in [-0.2, 0) is 11.2 Å². The first-order valence-corrected chi connectivity index (χ1v) is 8.91. The molecule has 2 amide bonds. The second-order valence-electron chi connectivity index (χ2n) is 6.24. The van der Waals surface area contributed by atoms with Gasteiger partial charge in [-0.05, 0) is 55.0 Å². The Labute approximate surface area is 152 Å². The smallest absolute Gasteiger partial charge is 0.253 e. The minimum Gasteiger partial charge on any atom is -0.352 e. The maximum absolute atomic E-state index is 12.5. The predicted octanol–water partition coefficient (Wildman–Crippen LogP) is 4.15. The predicted molar refractivity (Wildman–Crippen MR) is 100 cm³/mol. The number of nitrogens with one attached hydrogen (secondary N) is 2. The zero-order valence-electron chi connectivity index (χ0n) is 14.1. The Morgan fingerprint density at radius 3 is 2.80 bits per heavy atom. The maximum Gasteiger partial charge on any atom is 0.253 e. The number of aryl methyl sites for hydroxylation is 1. The summed E-state index contributed by atoms with van der Waals surface area (Å²) in [6.07, 6.45) is 2.41. The van der Waals surface area contributed by atoms with Gasteiger partial charge in [0.05, 0.1) is 11.3 Å². The normalized spacial score (nSPS) is 15.5. The summed E-state index contributed by atoms with van der Waals surface area (Å²) in [5, 5.41) is 6.08. The van der Waals surface area contributed by atoms with Crippen LogP contribution in [0.2, 0.25) is 5.02 Å². The number of fused-ring (bicyclic) bond motifs is 1. The number of amides is 2. The van der Waals surface area contributed by atoms with E-state index in [4.69, 9.17) is 11.6 Å². The van der Waals surface area contributed by atoms with Crippen molar-refractivity contribution < 1.29 is 9.59 Å². The van der Waals surface area contributed by atoms with Crippen LogP contribution in [0.1, 0.15) is 47.2 Å². The molecule has 1 unspecified atom stereocenters. The van der Waals surface area contributed by atoms with Crippen LogP contribution in [0, 0.1) is 0 Å². The summed E-state index contributed by atoms with van der Waals surface area (Å²) in [5.74, 6) is -0.0995. The molecule has 0 radical (unpaired) electrons. The molecule has 2 N–H and O–H groups in total. The van der Waals surface area contributed by atoms with Crippen molar-refractivity contribution in [2.75, 3.05) is 11.9 Å². The fraction of sp³-hybridized carbons (Fsp3) is 0.300. The molecule has 0 bridgehead atoms. The largest absolute Gasteiger partial charge is 0.352 e. The van der Waals surface area contributed by atoms with Gasteiger partial charge < -0.3 is 10.6 Å². The highest BCUT2D eigenvalue weighted by molar-refractivity contribution is 6.31. The van der Waals surface area contributed by atoms with Crippen molar-refractivity contribution in [3.05, 3.63) is 64.2 Å². The molecule has 3 rings (SSSR count). The van der Waals surface area contributed by atoms with E-state index in [1.165, 1.54) is 11.1 Å². The molecule has 25 heavy (non-hydrogen) atoms. The zero-order chi connectivity index (χ0) is 17.8. The molecule has 5 heteroatoms. The second kappa shape index (κ2) is 7.70. The molecule has 4 nitrogen and oxygen atoms in total. The molecule has 0 saturated heterocycles. The lowest BCUT2D eigenvalue weighted by molar-refractivity contribution is -0.116. The van der Waals surface area contributed by atoms with E-state index < -0.39 is 0 Å². The number of rotatable bonds is 5. The van der Waals surface area contributed by atoms with Crippen molar-refractivity contribution in [1.82, 2.24) is 5.32 Å². The van der Waals surface area contributed by atoms with Crippen molar-refractivity contribution in [2.45, 2.75) is 32.1 Å². The number of halogens is 1. The number of anilines is 1. The lowest BCUT2D eigenvalue weighted by Crippen LogP contribution is -2.25. The Balaban J connectivity index is 1.72. The third kappa shape index (κ3) is 4.02. The minimum absolute atomic E-state index is 0.0884. The average molecular weight is 357 g/mol. The van der Waals surface area contributed by atoms with Gasteiger partial charge >= 0.3 is 0 Å². The van der Waals surface area contributed by atoms with Crippen LogP contribution >= 0.6 is 11.6 Å². The summed E-state index contributed by atoms with van der Waals surface area (Å²) in [6, 6.07) is 13.2. The monoisotopic (exact) mass is 356 g/mol. The summed E-state index contributed by atoms with van der Waals surface area (Å²) in [7, 11) is 0. The molecule has 0 spiro atoms. The van der Waals surface area contributed by atoms with Crippen LogP contribution in [0.4, 0.5) is 5.69 Å². The van der Waals surface area contributed by atoms with E-state index in [0.29, 0.717) is 29.2 Å². The molecule has 0 saturated carbocycles. The summed E-state index contributed by atoms with van der Waals surface area (Å²) in [5.41, 5.74) is 3.47. The molecule has 2 aromatic carbocycles. The summed E-state index contributed by atoms with van der Waals surface area (Å²) < 4.78 is 0. The van der Waals surface area contributed by atoms with Crippen LogP contribution in [0.25, 0.3) is 0 Å². The van der Waals surface area contributed by atoms with Crippen molar-refractivity contribution in [3.63, 3.8) is 0 Å². The number of carbonyl (C=O) groups is 2. The van der Waals surface area contributed by atoms with E-state index in [9.17, 15) is 9.59 Å². The van der Waals surface area contributed by atoms with Crippen LogP contribution in [0.5, 0.6) is 0 Å². The molecular formula is C20H21ClN2O2. The second-order valence-corrected chi connectivity index (χ2v) is 6.67. The third-order valence-electron chi connectivity index (χ3n) is 4.53. The van der Waals surface area contributed by atoms with E-state index in [1.54, 1.807) is 18.2 Å². The van der Waals surface area contributed by atoms with Gasteiger partial charge in [0.1, 0.15) is 0 Å². The van der Waals surface area contributed by atoms with Gasteiger partial charge in [0.2, 0.25) is 5.91 Å². The highest BCUT2D eigenvalue weighted by Gasteiger charge is 2.24. The van der Waals surface area contributed by atoms with Crippen molar-refractivity contribution in [1.29, 1.82) is 0 Å². The van der Waals surface area contributed by atoms with Crippen molar-refractivity contribution in [2.24, 2.45) is 0 Å². The van der Waals surface area contributed by atoms with E-state index in [0.717, 1.165) is 12.8 Å². The minimum atomic E-state index is -0.244. The van der Waals surface area contributed by atoms with Gasteiger partial charge in [-0.15, -0.1) is 0 Å². The number of carbonyl (C=O) groups excluding carboxylic acids is 2. The van der Waals surface area contributed by atoms with Gasteiger partial charge in [-0.25, -0.2) is 0 Å². The van der Waals surface area contributed by atoms with Gasteiger partial charge in [-0.2, -0.15) is 0 Å². The van der Waals surface area contributed by atoms with Gasteiger partial charge in [-0.3, -0.25) is 9.59 Å². The lowest BCUT2D eigenvalue weighted by atomic mass is 9.97. The Morgan fingerprint density at radius 2 is 2.00 bits per heavy atom. The molecule has 1 aliphatic rings. The van der Waals surface area contributed by atoms with Crippen LogP contribution in [-0.4, -0.2) is 18.4 Å². The summed E-state index contributed by atoms with van der Waals surface area (Å²) in [6.45, 7) is 2.36. The molecule has 1 aliphatic carbocycles. The van der Waals surface area contributed by atoms with Crippen LogP contribution in [0.15, 0.2) is 42.5 Å². The Morgan fingerprint density at radius 1 is 1.20 bits per heavy atom. The molecule has 0 fully saturated rings. The van der Waals surface area contributed by atoms with Crippen molar-refractivity contribution >= 4 is 29.1 Å². The fourth-order valence-corrected chi connectivity index (χ4v) is 3.52. The highest BCUT2D eigenvalue weighted by Crippen LogP contribution is 2.35. The SMILES string of the molecule is CCNC(=O)c1cc(Cl)ccc1NC(=O)CC1CCc2ccccc21. The van der Waals surface area contributed by atoms with Gasteiger partial charge in [0.15, 0.2) is 0 Å². The third-order valence-corrected chi connectivity index (χ3v) is 4.76. The molecule has 0 aliphatic heterocycles. The first-order valence-electron chi connectivity index (χ1n) is 8.54. The average Bonchev–Trinajstić information content (AvgIpc) is 3.00. The molecule has 0 heterocycles. The van der Waals surface area contributed by atoms with E-state index >= 15 is 0 Å². The molecule has 1 atom stereocenters. The number of hydrogen-bond acceptors (Lipinski definition) is 2. The van der Waals surface area contributed by atoms with Crippen LogP contribution in [0.3, 0.4) is 0 Å². The van der Waals surface area contributed by atoms with E-state index in [-0.39, 0.29) is 17.7 Å². The van der Waals surface area contributed by atoms with Gasteiger partial charge in [0, 0.05) is 18.0 Å². The first-order chi connectivity index (χ1) is 12.1. The zero-order valence-corrected chi connectivity index (χ0v) is 14.9.